The largest absolute Gasteiger partial charge is 0.443 e. The zero-order valence-electron chi connectivity index (χ0n) is 51.9. The Bertz CT molecular complexity index is 3660. The number of rotatable bonds is 13. The molecule has 0 bridgehead atoms. The highest BCUT2D eigenvalue weighted by atomic mass is 79.9. The van der Waals surface area contributed by atoms with E-state index in [0.29, 0.717) is 58.1 Å². The van der Waals surface area contributed by atoms with E-state index in [2.05, 4.69) is 58.1 Å². The van der Waals surface area contributed by atoms with E-state index in [-0.39, 0.29) is 51.0 Å². The number of hydrogen-bond acceptors (Lipinski definition) is 12. The van der Waals surface area contributed by atoms with E-state index in [1.54, 1.807) is 69.0 Å². The van der Waals surface area contributed by atoms with E-state index in [0.717, 1.165) is 10.0 Å². The predicted molar refractivity (Wildman–Crippen MR) is 346 cm³/mol. The van der Waals surface area contributed by atoms with E-state index in [1.807, 2.05) is 122 Å². The highest BCUT2D eigenvalue weighted by Gasteiger charge is 2.46. The number of hydrogen-bond donors (Lipinski definition) is 6. The van der Waals surface area contributed by atoms with Crippen LogP contribution in [0.5, 0.6) is 0 Å². The highest BCUT2D eigenvalue weighted by molar-refractivity contribution is 9.10. The number of fused-ring (bicyclic) bond motifs is 2. The number of benzene rings is 5. The summed E-state index contributed by atoms with van der Waals surface area (Å²) >= 11 is 3.48. The SMILES string of the molecule is CC[C@H](C)[C@@H]1NC(=O)[C@H](CC(=O)NC(c2ccccc2)(c2ccccc2)c2ccccc2)NC(=O)CCC(=O)NCCCC[C@@H](C(C)=O)NC(=O)[C@H](Cc2cn(C(=O)OC(C)(C)C)c3ccccc23)NC(=O)[C@@H]2C[C@H](n3cc(-c4ccc(Br)cc4)nn3)CN2C1=O. The molecule has 0 spiro atoms. The summed E-state index contributed by atoms with van der Waals surface area (Å²) in [6.45, 7) is 10.2. The van der Waals surface area contributed by atoms with Crippen LogP contribution in [0.25, 0.3) is 22.2 Å². The fraction of sp³-hybridized carbons (Fsp3) is 0.377. The molecule has 6 N–H and O–H groups in total. The summed E-state index contributed by atoms with van der Waals surface area (Å²) in [4.78, 5) is 132. The maximum atomic E-state index is 15.8. The van der Waals surface area contributed by atoms with Gasteiger partial charge in [-0.1, -0.05) is 163 Å². The Morgan fingerprint density at radius 2 is 1.32 bits per heavy atom. The van der Waals surface area contributed by atoms with Crippen LogP contribution in [0.1, 0.15) is 121 Å². The topological polar surface area (TPSA) is 274 Å². The van der Waals surface area contributed by atoms with Gasteiger partial charge >= 0.3 is 6.09 Å². The van der Waals surface area contributed by atoms with Gasteiger partial charge in [0.25, 0.3) is 0 Å². The number of carbonyl (C=O) groups is 9. The average Bonchev–Trinajstić information content (AvgIpc) is 1.39. The molecule has 0 saturated carbocycles. The van der Waals surface area contributed by atoms with Gasteiger partial charge in [0, 0.05) is 60.4 Å². The zero-order chi connectivity index (χ0) is 65.0. The monoisotopic (exact) mass is 1300 g/mol. The second kappa shape index (κ2) is 29.5. The first-order valence-electron chi connectivity index (χ1n) is 30.9. The number of ketones is 1. The lowest BCUT2D eigenvalue weighted by Crippen LogP contribution is -2.60. The van der Waals surface area contributed by atoms with Crippen molar-refractivity contribution in [1.29, 1.82) is 0 Å². The van der Waals surface area contributed by atoms with Crippen LogP contribution in [0.2, 0.25) is 0 Å². The number of nitrogens with zero attached hydrogens (tertiary/aromatic N) is 5. The lowest BCUT2D eigenvalue weighted by atomic mass is 9.77. The summed E-state index contributed by atoms with van der Waals surface area (Å²) in [7, 11) is 0. The van der Waals surface area contributed by atoms with Crippen LogP contribution in [0.4, 0.5) is 4.79 Å². The first kappa shape index (κ1) is 66.1. The Labute approximate surface area is 537 Å². The minimum Gasteiger partial charge on any atom is -0.443 e. The average molecular weight is 1300 g/mol. The Kier molecular flexibility index (Phi) is 21.5. The number of nitrogens with one attached hydrogen (secondary N) is 6. The molecule has 22 heteroatoms. The van der Waals surface area contributed by atoms with Gasteiger partial charge in [0.05, 0.1) is 30.2 Å². The molecule has 2 fully saturated rings. The predicted octanol–water partition coefficient (Wildman–Crippen LogP) is 7.98. The van der Waals surface area contributed by atoms with Gasteiger partial charge in [-0.2, -0.15) is 0 Å². The lowest BCUT2D eigenvalue weighted by Gasteiger charge is -2.37. The summed E-state index contributed by atoms with van der Waals surface area (Å²) in [6.07, 6.45) is 2.35. The number of para-hydroxylation sites is 1. The van der Waals surface area contributed by atoms with Crippen molar-refractivity contribution in [2.45, 2.75) is 147 Å². The third kappa shape index (κ3) is 16.2. The minimum absolute atomic E-state index is 0.0398. The van der Waals surface area contributed by atoms with Crippen molar-refractivity contribution in [3.8, 4) is 11.3 Å². The van der Waals surface area contributed by atoms with Crippen LogP contribution in [0.15, 0.2) is 156 Å². The maximum absolute atomic E-state index is 15.8. The van der Waals surface area contributed by atoms with E-state index in [9.17, 15) is 24.0 Å². The molecule has 91 heavy (non-hydrogen) atoms. The van der Waals surface area contributed by atoms with Gasteiger partial charge in [0.15, 0.2) is 5.78 Å². The molecule has 7 amide bonds. The third-order valence-corrected chi connectivity index (χ3v) is 17.3. The molecule has 7 atom stereocenters. The molecular weight excluding hydrogens is 1220 g/mol. The molecule has 9 rings (SSSR count). The maximum Gasteiger partial charge on any atom is 0.419 e. The fourth-order valence-electron chi connectivity index (χ4n) is 11.8. The Hall–Kier alpha value is -9.31. The van der Waals surface area contributed by atoms with Crippen LogP contribution in [-0.4, -0.2) is 127 Å². The number of carbonyl (C=O) groups excluding carboxylic acids is 9. The highest BCUT2D eigenvalue weighted by Crippen LogP contribution is 2.38. The van der Waals surface area contributed by atoms with Gasteiger partial charge in [0.2, 0.25) is 41.4 Å². The number of halogens is 1. The van der Waals surface area contributed by atoms with Crippen molar-refractivity contribution < 1.29 is 47.9 Å². The quantitative estimate of drug-likeness (QED) is 0.0600. The lowest BCUT2D eigenvalue weighted by molar-refractivity contribution is -0.143. The molecule has 0 unspecified atom stereocenters. The molecule has 7 aromatic rings. The first-order valence-corrected chi connectivity index (χ1v) is 31.7. The number of amides is 7. The Morgan fingerprint density at radius 3 is 1.93 bits per heavy atom. The van der Waals surface area contributed by atoms with E-state index >= 15 is 19.2 Å². The molecule has 5 aromatic carbocycles. The van der Waals surface area contributed by atoms with Gasteiger partial charge in [-0.25, -0.2) is 9.48 Å². The van der Waals surface area contributed by atoms with E-state index < -0.39 is 107 Å². The van der Waals surface area contributed by atoms with Gasteiger partial charge in [0.1, 0.15) is 41.0 Å². The van der Waals surface area contributed by atoms with Crippen LogP contribution in [0.3, 0.4) is 0 Å². The summed E-state index contributed by atoms with van der Waals surface area (Å²) in [6, 6.07) is 35.1. The third-order valence-electron chi connectivity index (χ3n) is 16.7. The molecule has 0 aliphatic carbocycles. The fourth-order valence-corrected chi connectivity index (χ4v) is 12.0. The number of ether oxygens (including phenoxy) is 1. The molecule has 2 saturated heterocycles. The number of aromatic nitrogens is 4. The van der Waals surface area contributed by atoms with Crippen molar-refractivity contribution in [2.75, 3.05) is 13.1 Å². The van der Waals surface area contributed by atoms with Crippen LogP contribution in [-0.2, 0) is 55.1 Å². The molecule has 4 heterocycles. The summed E-state index contributed by atoms with van der Waals surface area (Å²) < 4.78 is 9.54. The van der Waals surface area contributed by atoms with Crippen LogP contribution in [0, 0.1) is 5.92 Å². The first-order chi connectivity index (χ1) is 43.6. The Balaban J connectivity index is 1.10. The van der Waals surface area contributed by atoms with Crippen molar-refractivity contribution in [1.82, 2.24) is 56.4 Å². The summed E-state index contributed by atoms with van der Waals surface area (Å²) in [5.74, 6) is -5.84. The van der Waals surface area contributed by atoms with Crippen LogP contribution >= 0.6 is 15.9 Å². The normalized spacial score (nSPS) is 20.7. The second-order valence-electron chi connectivity index (χ2n) is 24.4. The molecule has 0 radical (unpaired) electrons. The van der Waals surface area contributed by atoms with Crippen molar-refractivity contribution >= 4 is 80.1 Å². The van der Waals surface area contributed by atoms with Gasteiger partial charge in [-0.3, -0.25) is 42.9 Å². The number of Topliss-reactive ketones (excluding diaryl/α,β-unsaturated/α-hetero) is 1. The van der Waals surface area contributed by atoms with E-state index in [1.165, 1.54) is 16.4 Å². The molecular formula is C69H78BrN11O10. The molecule has 2 aliphatic heterocycles. The zero-order valence-corrected chi connectivity index (χ0v) is 53.5. The van der Waals surface area contributed by atoms with Gasteiger partial charge < -0.3 is 41.5 Å². The minimum atomic E-state index is -1.61. The molecule has 21 nitrogen and oxygen atoms in total. The summed E-state index contributed by atoms with van der Waals surface area (Å²) in [5, 5.41) is 27.1. The van der Waals surface area contributed by atoms with Crippen molar-refractivity contribution in [3.63, 3.8) is 0 Å². The van der Waals surface area contributed by atoms with E-state index in [4.69, 9.17) is 4.74 Å². The summed E-state index contributed by atoms with van der Waals surface area (Å²) in [5.41, 5.74) is 2.17. The van der Waals surface area contributed by atoms with Crippen molar-refractivity contribution in [3.05, 3.63) is 179 Å². The van der Waals surface area contributed by atoms with Gasteiger partial charge in [-0.05, 0) is 93.3 Å². The molecule has 476 valence electrons. The molecule has 2 aromatic heterocycles. The standard InChI is InChI=1S/C69H78BrN11O10/c1-7-43(2)62-66(89)79-41-51(81-42-56(77-78-81)45-30-32-50(70)33-31-45)38-58(79)65(88)74-54(37-46-40-80(67(90)91-68(4,5)6)57-29-18-17-27-52(46)57)63(86)73-53(44(3)82)28-19-20-36-71-59(83)34-35-60(84)72-55(64(87)75-62)39-61(85)76-69(47-21-11-8-12-22-47,48-23-13-9-14-24-48)49-25-15-10-16-26-49/h8-18,21-27,29-33,40,42-43,51,53-55,58,62H,7,19-20,28,34-39,41H2,1-6H3,(H,71,83)(H,72,84)(H,73,86)(H,74,88)(H,75,87)(H,76,85)/t43-,51-,53-,54-,55-,58-,62-/m0/s1. The van der Waals surface area contributed by atoms with Gasteiger partial charge in [-0.15, -0.1) is 5.10 Å². The van der Waals surface area contributed by atoms with Crippen molar-refractivity contribution in [2.24, 2.45) is 5.92 Å². The van der Waals surface area contributed by atoms with Crippen LogP contribution < -0.4 is 31.9 Å². The Morgan fingerprint density at radius 1 is 0.714 bits per heavy atom. The molecule has 2 aliphatic rings. The smallest absolute Gasteiger partial charge is 0.419 e. The second-order valence-corrected chi connectivity index (χ2v) is 25.3.